The second kappa shape index (κ2) is 11.6. The Morgan fingerprint density at radius 2 is 1.73 bits per heavy atom. The lowest BCUT2D eigenvalue weighted by molar-refractivity contribution is -0.121. The summed E-state index contributed by atoms with van der Waals surface area (Å²) in [6.07, 6.45) is 0. The van der Waals surface area contributed by atoms with Gasteiger partial charge in [0.2, 0.25) is 5.91 Å². The van der Waals surface area contributed by atoms with E-state index in [1.807, 2.05) is 30.3 Å². The molecule has 1 unspecified atom stereocenters. The molecule has 7 heteroatoms. The van der Waals surface area contributed by atoms with Gasteiger partial charge in [-0.15, -0.1) is 24.8 Å². The topological polar surface area (TPSA) is 67.6 Å². The minimum absolute atomic E-state index is 0. The molecule has 1 atom stereocenters. The van der Waals surface area contributed by atoms with Gasteiger partial charge in [0, 0.05) is 5.69 Å². The van der Waals surface area contributed by atoms with Crippen molar-refractivity contribution in [3.05, 3.63) is 54.1 Å². The van der Waals surface area contributed by atoms with E-state index in [0.29, 0.717) is 17.1 Å². The van der Waals surface area contributed by atoms with E-state index in [4.69, 9.17) is 10.5 Å². The fourth-order valence-corrected chi connectivity index (χ4v) is 2.77. The first-order chi connectivity index (χ1) is 11.6. The van der Waals surface area contributed by atoms with Crippen LogP contribution < -0.4 is 15.8 Å². The molecule has 0 spiro atoms. The van der Waals surface area contributed by atoms with Gasteiger partial charge in [-0.1, -0.05) is 44.2 Å². The molecule has 0 fully saturated rings. The second-order valence-electron chi connectivity index (χ2n) is 5.48. The average molecular weight is 400 g/mol. The number of nitrogens with zero attached hydrogens (tertiary/aromatic N) is 1. The first-order valence-corrected chi connectivity index (χ1v) is 8.14. The van der Waals surface area contributed by atoms with E-state index in [0.717, 1.165) is 18.7 Å². The third-order valence-corrected chi connectivity index (χ3v) is 4.04. The van der Waals surface area contributed by atoms with Crippen LogP contribution in [-0.4, -0.2) is 31.0 Å². The molecule has 0 aliphatic heterocycles. The highest BCUT2D eigenvalue weighted by molar-refractivity contribution is 5.96. The van der Waals surface area contributed by atoms with E-state index in [2.05, 4.69) is 24.1 Å². The number of carbonyl (C=O) groups excluding carboxylic acids is 1. The maximum Gasteiger partial charge on any atom is 0.246 e. The molecule has 0 saturated heterocycles. The normalized spacial score (nSPS) is 11.1. The van der Waals surface area contributed by atoms with E-state index >= 15 is 0 Å². The number of nitrogens with one attached hydrogen (secondary N) is 1. The van der Waals surface area contributed by atoms with Crippen LogP contribution in [0.1, 0.15) is 25.5 Å². The first kappa shape index (κ1) is 24.1. The zero-order chi connectivity index (χ0) is 17.5. The number of amides is 1. The van der Waals surface area contributed by atoms with E-state index in [9.17, 15) is 4.79 Å². The molecule has 0 aliphatic rings. The number of hydrogen-bond donors (Lipinski definition) is 2. The molecule has 3 N–H and O–H groups in total. The Bertz CT molecular complexity index is 680. The molecule has 0 bridgehead atoms. The average Bonchev–Trinajstić information content (AvgIpc) is 2.60. The highest BCUT2D eigenvalue weighted by atomic mass is 35.5. The summed E-state index contributed by atoms with van der Waals surface area (Å²) in [5.74, 6) is 0.519. The van der Waals surface area contributed by atoms with Crippen LogP contribution in [-0.2, 0) is 4.79 Å². The van der Waals surface area contributed by atoms with Crippen LogP contribution in [0.15, 0.2) is 48.5 Å². The number of hydrogen-bond acceptors (Lipinski definition) is 4. The van der Waals surface area contributed by atoms with Gasteiger partial charge in [-0.2, -0.15) is 0 Å². The highest BCUT2D eigenvalue weighted by Crippen LogP contribution is 2.27. The summed E-state index contributed by atoms with van der Waals surface area (Å²) in [4.78, 5) is 15.0. The molecule has 2 aromatic rings. The lowest BCUT2D eigenvalue weighted by Crippen LogP contribution is -2.37. The van der Waals surface area contributed by atoms with Crippen LogP contribution in [0.5, 0.6) is 5.75 Å². The van der Waals surface area contributed by atoms with Crippen LogP contribution >= 0.6 is 24.8 Å². The van der Waals surface area contributed by atoms with Crippen molar-refractivity contribution in [2.24, 2.45) is 0 Å². The van der Waals surface area contributed by atoms with Gasteiger partial charge in [0.05, 0.1) is 12.8 Å². The summed E-state index contributed by atoms with van der Waals surface area (Å²) in [7, 11) is 1.57. The van der Waals surface area contributed by atoms with E-state index in [1.165, 1.54) is 0 Å². The standard InChI is InChI=1S/C19H25N3O2.2ClH/c1-4-22(5-2)18(14-9-7-6-8-10-14)19(23)21-15-11-12-17(24-3)16(20)13-15;;/h6-13,18H,4-5,20H2,1-3H3,(H,21,23);2*1H. The lowest BCUT2D eigenvalue weighted by atomic mass is 10.0. The third-order valence-electron chi connectivity index (χ3n) is 4.04. The van der Waals surface area contributed by atoms with Crippen molar-refractivity contribution in [2.75, 3.05) is 31.2 Å². The van der Waals surface area contributed by atoms with Gasteiger partial charge in [-0.05, 0) is 36.9 Å². The minimum Gasteiger partial charge on any atom is -0.495 e. The smallest absolute Gasteiger partial charge is 0.246 e. The molecule has 5 nitrogen and oxygen atoms in total. The predicted octanol–water partition coefficient (Wildman–Crippen LogP) is 4.14. The fourth-order valence-electron chi connectivity index (χ4n) is 2.77. The number of ether oxygens (including phenoxy) is 1. The Morgan fingerprint density at radius 1 is 1.12 bits per heavy atom. The lowest BCUT2D eigenvalue weighted by Gasteiger charge is -2.29. The third kappa shape index (κ3) is 5.80. The summed E-state index contributed by atoms with van der Waals surface area (Å²) in [6.45, 7) is 5.68. The molecule has 0 heterocycles. The van der Waals surface area contributed by atoms with E-state index in [1.54, 1.807) is 25.3 Å². The summed E-state index contributed by atoms with van der Waals surface area (Å²) in [5, 5.41) is 2.97. The monoisotopic (exact) mass is 399 g/mol. The van der Waals surface area contributed by atoms with Crippen LogP contribution in [0.3, 0.4) is 0 Å². The molecule has 2 rings (SSSR count). The number of methoxy groups -OCH3 is 1. The molecule has 0 aromatic heterocycles. The van der Waals surface area contributed by atoms with Gasteiger partial charge in [0.1, 0.15) is 11.8 Å². The summed E-state index contributed by atoms with van der Waals surface area (Å²) < 4.78 is 5.15. The van der Waals surface area contributed by atoms with Crippen molar-refractivity contribution < 1.29 is 9.53 Å². The number of nitrogens with two attached hydrogens (primary N) is 1. The van der Waals surface area contributed by atoms with Crippen LogP contribution in [0.4, 0.5) is 11.4 Å². The molecular weight excluding hydrogens is 373 g/mol. The van der Waals surface area contributed by atoms with Crippen molar-refractivity contribution >= 4 is 42.1 Å². The Hall–Kier alpha value is -1.95. The molecule has 26 heavy (non-hydrogen) atoms. The molecule has 0 aliphatic carbocycles. The van der Waals surface area contributed by atoms with Crippen LogP contribution in [0, 0.1) is 0 Å². The molecule has 2 aromatic carbocycles. The van der Waals surface area contributed by atoms with Gasteiger partial charge in [0.15, 0.2) is 0 Å². The van der Waals surface area contributed by atoms with Crippen molar-refractivity contribution in [1.29, 1.82) is 0 Å². The van der Waals surface area contributed by atoms with Crippen molar-refractivity contribution in [3.8, 4) is 5.75 Å². The van der Waals surface area contributed by atoms with Gasteiger partial charge < -0.3 is 15.8 Å². The molecule has 1 amide bonds. The number of likely N-dealkylation sites (N-methyl/N-ethyl adjacent to an activating group) is 1. The number of halogens is 2. The number of carbonyl (C=O) groups is 1. The van der Waals surface area contributed by atoms with Gasteiger partial charge in [0.25, 0.3) is 0 Å². The first-order valence-electron chi connectivity index (χ1n) is 8.14. The number of benzene rings is 2. The number of anilines is 2. The Labute approximate surface area is 167 Å². The van der Waals surface area contributed by atoms with Gasteiger partial charge in [-0.25, -0.2) is 0 Å². The number of rotatable bonds is 7. The molecule has 0 saturated carbocycles. The Balaban J connectivity index is 0.00000312. The quantitative estimate of drug-likeness (QED) is 0.686. The largest absolute Gasteiger partial charge is 0.495 e. The summed E-state index contributed by atoms with van der Waals surface area (Å²) >= 11 is 0. The zero-order valence-corrected chi connectivity index (χ0v) is 16.9. The highest BCUT2D eigenvalue weighted by Gasteiger charge is 2.25. The van der Waals surface area contributed by atoms with Gasteiger partial charge >= 0.3 is 0 Å². The number of nitrogen functional groups attached to an aromatic ring is 1. The van der Waals surface area contributed by atoms with Crippen LogP contribution in [0.25, 0.3) is 0 Å². The second-order valence-corrected chi connectivity index (χ2v) is 5.48. The fraction of sp³-hybridized carbons (Fsp3) is 0.316. The summed E-state index contributed by atoms with van der Waals surface area (Å²) in [5.41, 5.74) is 8.05. The molecule has 144 valence electrons. The van der Waals surface area contributed by atoms with Crippen LogP contribution in [0.2, 0.25) is 0 Å². The molecule has 0 radical (unpaired) electrons. The van der Waals surface area contributed by atoms with Gasteiger partial charge in [-0.3, -0.25) is 9.69 Å². The maximum atomic E-state index is 12.9. The van der Waals surface area contributed by atoms with E-state index in [-0.39, 0.29) is 36.8 Å². The molecular formula is C19H27Cl2N3O2. The predicted molar refractivity (Wildman–Crippen MR) is 113 cm³/mol. The Kier molecular flexibility index (Phi) is 10.8. The minimum atomic E-state index is -0.343. The zero-order valence-electron chi connectivity index (χ0n) is 15.3. The van der Waals surface area contributed by atoms with E-state index < -0.39 is 0 Å². The van der Waals surface area contributed by atoms with Crippen molar-refractivity contribution in [2.45, 2.75) is 19.9 Å². The van der Waals surface area contributed by atoms with Crippen molar-refractivity contribution in [1.82, 2.24) is 4.90 Å². The SMILES string of the molecule is CCN(CC)C(C(=O)Nc1ccc(OC)c(N)c1)c1ccccc1.Cl.Cl. The van der Waals surface area contributed by atoms with Crippen molar-refractivity contribution in [3.63, 3.8) is 0 Å². The summed E-state index contributed by atoms with van der Waals surface area (Å²) in [6, 6.07) is 14.7. The Morgan fingerprint density at radius 3 is 2.23 bits per heavy atom. The maximum absolute atomic E-state index is 12.9.